The zero-order valence-corrected chi connectivity index (χ0v) is 12.3. The van der Waals surface area contributed by atoms with Crippen molar-refractivity contribution >= 4 is 27.8 Å². The first-order chi connectivity index (χ1) is 8.97. The summed E-state index contributed by atoms with van der Waals surface area (Å²) in [6.45, 7) is 4.68. The van der Waals surface area contributed by atoms with Crippen LogP contribution in [0.1, 0.15) is 25.5 Å². The van der Waals surface area contributed by atoms with Crippen LogP contribution in [-0.4, -0.2) is 18.4 Å². The summed E-state index contributed by atoms with van der Waals surface area (Å²) in [5.41, 5.74) is 0.307. The minimum atomic E-state index is -0.733. The molecule has 1 amide bonds. The second-order valence-corrected chi connectivity index (χ2v) is 5.73. The van der Waals surface area contributed by atoms with E-state index in [0.717, 1.165) is 4.47 Å². The Bertz CT molecular complexity index is 531. The minimum absolute atomic E-state index is 0.292. The number of hydrogen-bond acceptors (Lipinski definition) is 2. The van der Waals surface area contributed by atoms with E-state index in [9.17, 15) is 9.18 Å². The molecule has 0 bridgehead atoms. The summed E-state index contributed by atoms with van der Waals surface area (Å²) in [5.74, 6) is 0.0939. The lowest BCUT2D eigenvalue weighted by molar-refractivity contribution is -0.120. The lowest BCUT2D eigenvalue weighted by atomic mass is 10.1. The summed E-state index contributed by atoms with van der Waals surface area (Å²) < 4.78 is 14.5. The molecular formula is C13H15BrFN3O. The monoisotopic (exact) mass is 327 g/mol. The molecule has 1 aliphatic heterocycles. The predicted molar refractivity (Wildman–Crippen MR) is 75.3 cm³/mol. The minimum Gasteiger partial charge on any atom is -0.340 e. The van der Waals surface area contributed by atoms with Crippen LogP contribution in [0.25, 0.3) is 0 Å². The van der Waals surface area contributed by atoms with Crippen LogP contribution in [0.3, 0.4) is 0 Å². The second-order valence-electron chi connectivity index (χ2n) is 4.82. The maximum Gasteiger partial charge on any atom is 0.254 e. The van der Waals surface area contributed by atoms with Gasteiger partial charge in [-0.3, -0.25) is 15.1 Å². The van der Waals surface area contributed by atoms with Crippen molar-refractivity contribution in [2.24, 2.45) is 10.9 Å². The van der Waals surface area contributed by atoms with Crippen LogP contribution in [0.15, 0.2) is 27.7 Å². The first-order valence-electron chi connectivity index (χ1n) is 6.04. The molecule has 0 aromatic heterocycles. The van der Waals surface area contributed by atoms with Gasteiger partial charge in [-0.1, -0.05) is 29.8 Å². The number of carbonyl (C=O) groups is 1. The molecule has 4 nitrogen and oxygen atoms in total. The Labute approximate surface area is 119 Å². The van der Waals surface area contributed by atoms with Gasteiger partial charge in [0.05, 0.1) is 0 Å². The SMILES string of the molecule is CC(C)CN=C1NC(=O)C(c2cc(Br)ccc2F)N1. The highest BCUT2D eigenvalue weighted by molar-refractivity contribution is 9.10. The van der Waals surface area contributed by atoms with Crippen molar-refractivity contribution in [1.82, 2.24) is 10.6 Å². The molecular weight excluding hydrogens is 313 g/mol. The smallest absolute Gasteiger partial charge is 0.254 e. The van der Waals surface area contributed by atoms with E-state index in [-0.39, 0.29) is 5.91 Å². The van der Waals surface area contributed by atoms with E-state index < -0.39 is 11.9 Å². The van der Waals surface area contributed by atoms with Gasteiger partial charge in [-0.05, 0) is 24.1 Å². The van der Waals surface area contributed by atoms with E-state index in [1.807, 2.05) is 13.8 Å². The third kappa shape index (κ3) is 3.32. The normalized spacial score (nSPS) is 20.8. The third-order valence-electron chi connectivity index (χ3n) is 2.67. The van der Waals surface area contributed by atoms with Crippen molar-refractivity contribution in [1.29, 1.82) is 0 Å². The first-order valence-corrected chi connectivity index (χ1v) is 6.83. The first kappa shape index (κ1) is 14.0. The van der Waals surface area contributed by atoms with E-state index in [0.29, 0.717) is 24.0 Å². The number of hydrogen-bond donors (Lipinski definition) is 2. The van der Waals surface area contributed by atoms with Crippen LogP contribution in [0, 0.1) is 11.7 Å². The van der Waals surface area contributed by atoms with Crippen LogP contribution < -0.4 is 10.6 Å². The molecule has 2 N–H and O–H groups in total. The van der Waals surface area contributed by atoms with Gasteiger partial charge in [0.25, 0.3) is 5.91 Å². The van der Waals surface area contributed by atoms with Crippen molar-refractivity contribution < 1.29 is 9.18 Å². The zero-order valence-electron chi connectivity index (χ0n) is 10.7. The van der Waals surface area contributed by atoms with Crippen LogP contribution in [-0.2, 0) is 4.79 Å². The molecule has 0 saturated carbocycles. The number of carbonyl (C=O) groups excluding carboxylic acids is 1. The molecule has 1 aromatic rings. The van der Waals surface area contributed by atoms with E-state index in [1.165, 1.54) is 6.07 Å². The molecule has 1 atom stereocenters. The van der Waals surface area contributed by atoms with Crippen molar-refractivity contribution in [3.63, 3.8) is 0 Å². The van der Waals surface area contributed by atoms with E-state index in [4.69, 9.17) is 0 Å². The number of benzene rings is 1. The van der Waals surface area contributed by atoms with Crippen LogP contribution in [0.4, 0.5) is 4.39 Å². The summed E-state index contributed by atoms with van der Waals surface area (Å²) in [5, 5.41) is 5.53. The van der Waals surface area contributed by atoms with E-state index in [1.54, 1.807) is 12.1 Å². The fourth-order valence-corrected chi connectivity index (χ4v) is 2.12. The molecule has 2 rings (SSSR count). The molecule has 1 aromatic carbocycles. The van der Waals surface area contributed by atoms with Gasteiger partial charge in [0, 0.05) is 16.6 Å². The lowest BCUT2D eigenvalue weighted by Crippen LogP contribution is -2.26. The molecule has 102 valence electrons. The zero-order chi connectivity index (χ0) is 14.0. The fourth-order valence-electron chi connectivity index (χ4n) is 1.74. The molecule has 0 spiro atoms. The molecule has 1 aliphatic rings. The number of aliphatic imine (C=N–C) groups is 1. The van der Waals surface area contributed by atoms with Crippen molar-refractivity contribution in [3.05, 3.63) is 34.1 Å². The average Bonchev–Trinajstić information content (AvgIpc) is 2.71. The topological polar surface area (TPSA) is 53.5 Å². The Hall–Kier alpha value is -1.43. The predicted octanol–water partition coefficient (Wildman–Crippen LogP) is 2.36. The van der Waals surface area contributed by atoms with Gasteiger partial charge in [0.15, 0.2) is 5.96 Å². The average molecular weight is 328 g/mol. The van der Waals surface area contributed by atoms with Crippen LogP contribution in [0.5, 0.6) is 0 Å². The van der Waals surface area contributed by atoms with Crippen LogP contribution >= 0.6 is 15.9 Å². The van der Waals surface area contributed by atoms with E-state index >= 15 is 0 Å². The summed E-state index contributed by atoms with van der Waals surface area (Å²) >= 11 is 3.27. The molecule has 6 heteroatoms. The van der Waals surface area contributed by atoms with Gasteiger partial charge >= 0.3 is 0 Å². The lowest BCUT2D eigenvalue weighted by Gasteiger charge is -2.09. The number of nitrogens with zero attached hydrogens (tertiary/aromatic N) is 1. The standard InChI is InChI=1S/C13H15BrFN3O/c1-7(2)6-16-13-17-11(12(19)18-13)9-5-8(14)3-4-10(9)15/h3-5,7,11H,6H2,1-2H3,(H2,16,17,18,19). The van der Waals surface area contributed by atoms with E-state index in [2.05, 4.69) is 31.6 Å². The third-order valence-corrected chi connectivity index (χ3v) is 3.16. The van der Waals surface area contributed by atoms with Crippen molar-refractivity contribution in [2.75, 3.05) is 6.54 Å². The van der Waals surface area contributed by atoms with Crippen molar-refractivity contribution in [2.45, 2.75) is 19.9 Å². The number of nitrogens with one attached hydrogen (secondary N) is 2. The van der Waals surface area contributed by atoms with Gasteiger partial charge in [0.1, 0.15) is 11.9 Å². The highest BCUT2D eigenvalue weighted by Gasteiger charge is 2.31. The molecule has 1 fully saturated rings. The highest BCUT2D eigenvalue weighted by Crippen LogP contribution is 2.23. The Morgan fingerprint density at radius 1 is 1.47 bits per heavy atom. The number of rotatable bonds is 3. The molecule has 0 aliphatic carbocycles. The van der Waals surface area contributed by atoms with Gasteiger partial charge in [0.2, 0.25) is 0 Å². The van der Waals surface area contributed by atoms with Crippen molar-refractivity contribution in [3.8, 4) is 0 Å². The molecule has 1 heterocycles. The molecule has 19 heavy (non-hydrogen) atoms. The van der Waals surface area contributed by atoms with Crippen LogP contribution in [0.2, 0.25) is 0 Å². The fraction of sp³-hybridized carbons (Fsp3) is 0.385. The highest BCUT2D eigenvalue weighted by atomic mass is 79.9. The van der Waals surface area contributed by atoms with Gasteiger partial charge in [-0.25, -0.2) is 4.39 Å². The molecule has 0 radical (unpaired) electrons. The number of guanidine groups is 1. The largest absolute Gasteiger partial charge is 0.340 e. The second kappa shape index (κ2) is 5.69. The summed E-state index contributed by atoms with van der Waals surface area (Å²) in [6.07, 6.45) is 0. The maximum absolute atomic E-state index is 13.8. The summed E-state index contributed by atoms with van der Waals surface area (Å²) in [7, 11) is 0. The Morgan fingerprint density at radius 3 is 2.89 bits per heavy atom. The number of amides is 1. The molecule has 1 saturated heterocycles. The summed E-state index contributed by atoms with van der Waals surface area (Å²) in [4.78, 5) is 16.1. The Kier molecular flexibility index (Phi) is 4.19. The van der Waals surface area contributed by atoms with Gasteiger partial charge in [-0.2, -0.15) is 0 Å². The maximum atomic E-state index is 13.8. The molecule has 1 unspecified atom stereocenters. The van der Waals surface area contributed by atoms with Gasteiger partial charge < -0.3 is 5.32 Å². The van der Waals surface area contributed by atoms with Gasteiger partial charge in [-0.15, -0.1) is 0 Å². The quantitative estimate of drug-likeness (QED) is 0.895. The summed E-state index contributed by atoms with van der Waals surface area (Å²) in [6, 6.07) is 3.79. The Balaban J connectivity index is 2.20. The Morgan fingerprint density at radius 2 is 2.21 bits per heavy atom. The number of halogens is 2.